The number of thiazole rings is 1. The summed E-state index contributed by atoms with van der Waals surface area (Å²) in [6.45, 7) is 38.8. The maximum Gasteiger partial charge on any atom is 0.416 e. The number of hydrogen-bond acceptors (Lipinski definition) is 15. The largest absolute Gasteiger partial charge is 0.490 e. The van der Waals surface area contributed by atoms with Crippen molar-refractivity contribution in [2.24, 2.45) is 0 Å². The van der Waals surface area contributed by atoms with Gasteiger partial charge in [0.2, 0.25) is 0 Å². The molecule has 3 saturated heterocycles. The van der Waals surface area contributed by atoms with Gasteiger partial charge in [0, 0.05) is 68.4 Å². The Morgan fingerprint density at radius 3 is 1.48 bits per heavy atom. The van der Waals surface area contributed by atoms with Gasteiger partial charge in [0.25, 0.3) is 0 Å². The van der Waals surface area contributed by atoms with Gasteiger partial charge in [0.1, 0.15) is 42.2 Å². The first-order valence-electron chi connectivity index (χ1n) is 38.0. The Balaban J connectivity index is 0.000000173. The summed E-state index contributed by atoms with van der Waals surface area (Å²) in [7, 11) is 0. The lowest BCUT2D eigenvalue weighted by Gasteiger charge is -2.37. The topological polar surface area (TPSA) is 117 Å². The maximum atomic E-state index is 13.8. The molecule has 15 rings (SSSR count). The first-order chi connectivity index (χ1) is 52.4. The fourth-order valence-electron chi connectivity index (χ4n) is 12.5. The summed E-state index contributed by atoms with van der Waals surface area (Å²) in [5, 5.41) is 0. The highest BCUT2D eigenvalue weighted by molar-refractivity contribution is 7.98. The predicted octanol–water partition coefficient (Wildman–Crippen LogP) is 22.4. The normalized spacial score (nSPS) is 18.5. The van der Waals surface area contributed by atoms with E-state index in [1.165, 1.54) is 88.5 Å². The van der Waals surface area contributed by atoms with Crippen LogP contribution in [0.4, 0.5) is 39.1 Å². The van der Waals surface area contributed by atoms with Gasteiger partial charge < -0.3 is 43.1 Å². The van der Waals surface area contributed by atoms with Gasteiger partial charge in [0.05, 0.1) is 69.7 Å². The molecule has 0 amide bonds. The molecule has 20 heteroatoms. The van der Waals surface area contributed by atoms with Crippen molar-refractivity contribution >= 4 is 50.5 Å². The summed E-state index contributed by atoms with van der Waals surface area (Å²) in [4.78, 5) is 24.5. The number of anilines is 3. The van der Waals surface area contributed by atoms with Gasteiger partial charge in [-0.05, 0) is 267 Å². The van der Waals surface area contributed by atoms with E-state index >= 15 is 0 Å². The minimum atomic E-state index is -4.21. The number of nitrogens with zero attached hydrogens (tertiary/aromatic N) is 7. The molecule has 4 aliphatic heterocycles. The van der Waals surface area contributed by atoms with Crippen molar-refractivity contribution < 1.29 is 50.4 Å². The standard InChI is InChI=1S/C13H18FNO.C13H19NO.C13H18O.C12H18N2O.C9H10O2.C8H7F3.C8H9F.C8H7NS.C6H8N2S/c1-9-4-5-13(12(14)6-9)15-7-10(2)16-11(3)8-15;1-10-4-6-13(7-5-10)14-8-11(2)15-12(3)9-14;1-11-6-5-9-13(10-11)14-12-7-3-2-4-8-12;1-9-4-5-12(13-6-9)14-7-10(2)15-11(3)8-14;1-7-2-3-8-9(6-7)11-5-4-10-8;1-6-2-4-7(5-3-6)8(9,10)11;1-6-3-4-7(2)8(9)5-6;1-6-2-3-7-8(4-6)10-5-9-7;1-5-7-3-6(9-2)4-8-5/h4-6,10-11H,7-8H2,1-3H3;4-7,11-12H,8-9H2,1-3H3;5-6,9-10,12H,2-4,7-8H2,1H3;4-6,10-11H,7-8H2,1-3H3;2-3,6H,4-5H2,1H3;2-5H,1H3;3-5H,1-2H3;2-5H,1H3;3-4H,1-2H3/t10-,11+;11-,12+;;10-,11+;;;;;. The predicted molar refractivity (Wildman–Crippen MR) is 444 cm³/mol. The maximum absolute atomic E-state index is 13.8. The number of halogens is 5. The van der Waals surface area contributed by atoms with Crippen LogP contribution in [0.5, 0.6) is 17.2 Å². The minimum absolute atomic E-state index is 0.116. The summed E-state index contributed by atoms with van der Waals surface area (Å²) in [5.74, 6) is 4.40. The molecule has 0 N–H and O–H groups in total. The highest BCUT2D eigenvalue weighted by Gasteiger charge is 2.30. The smallest absolute Gasteiger partial charge is 0.416 e. The molecule has 592 valence electrons. The number of hydrogen-bond donors (Lipinski definition) is 0. The van der Waals surface area contributed by atoms with E-state index in [1.807, 2.05) is 108 Å². The number of thioether (sulfide) groups is 1. The fraction of sp³-hybridized carbons (Fsp3) is 0.422. The molecule has 7 heterocycles. The zero-order valence-electron chi connectivity index (χ0n) is 67.3. The Hall–Kier alpha value is -8.66. The van der Waals surface area contributed by atoms with Gasteiger partial charge in [0.15, 0.2) is 11.5 Å². The van der Waals surface area contributed by atoms with Gasteiger partial charge >= 0.3 is 6.18 Å². The van der Waals surface area contributed by atoms with Crippen LogP contribution in [0.3, 0.4) is 0 Å². The zero-order valence-corrected chi connectivity index (χ0v) is 69.0. The number of pyridine rings is 1. The number of aryl methyl sites for hydroxylation is 10. The molecular weight excluding hydrogens is 1430 g/mol. The zero-order chi connectivity index (χ0) is 79.9. The Morgan fingerprint density at radius 2 is 0.945 bits per heavy atom. The highest BCUT2D eigenvalue weighted by Crippen LogP contribution is 2.32. The quantitative estimate of drug-likeness (QED) is 0.116. The van der Waals surface area contributed by atoms with Crippen LogP contribution in [0, 0.1) is 80.9 Å². The molecule has 0 bridgehead atoms. The Kier molecular flexibility index (Phi) is 36.2. The highest BCUT2D eigenvalue weighted by atomic mass is 32.2. The SMILES string of the molecule is CSc1cnc(C)nc1.Cc1ccc(C(F)(F)F)cc1.Cc1ccc(C)c(F)c1.Cc1ccc(N2C[C@@H](C)O[C@@H](C)C2)c(F)c1.Cc1ccc(N2C[C@@H](C)O[C@@H](C)C2)cc1.Cc1ccc(N2C[C@@H](C)O[C@@H](C)C2)nc1.Cc1ccc2c(c1)OCCO2.Cc1ccc2ncsc2c1.Cc1cccc(OC2CCCCC2)c1. The van der Waals surface area contributed by atoms with Crippen LogP contribution in [-0.2, 0) is 20.4 Å². The van der Waals surface area contributed by atoms with Crippen LogP contribution >= 0.6 is 23.1 Å². The molecule has 3 aromatic heterocycles. The second-order valence-electron chi connectivity index (χ2n) is 28.9. The van der Waals surface area contributed by atoms with E-state index in [0.29, 0.717) is 42.8 Å². The van der Waals surface area contributed by atoms with Crippen LogP contribution in [0.25, 0.3) is 10.2 Å². The van der Waals surface area contributed by atoms with Crippen molar-refractivity contribution in [2.75, 3.05) is 73.4 Å². The third-order valence-electron chi connectivity index (χ3n) is 18.0. The summed E-state index contributed by atoms with van der Waals surface area (Å²) >= 11 is 3.34. The van der Waals surface area contributed by atoms with E-state index in [-0.39, 0.29) is 36.1 Å². The summed E-state index contributed by atoms with van der Waals surface area (Å²) in [5.41, 5.74) is 14.1. The van der Waals surface area contributed by atoms with Gasteiger partial charge in [-0.1, -0.05) is 90.3 Å². The number of rotatable bonds is 6. The average molecular weight is 1550 g/mol. The summed E-state index contributed by atoms with van der Waals surface area (Å²) < 4.78 is 97.1. The molecular formula is C90H114F5N7O6S2. The van der Waals surface area contributed by atoms with Crippen molar-refractivity contribution in [2.45, 2.75) is 197 Å². The number of benzene rings is 7. The molecule has 1 saturated carbocycles. The number of ether oxygens (including phenoxy) is 6. The van der Waals surface area contributed by atoms with Gasteiger partial charge in [-0.25, -0.2) is 28.7 Å². The van der Waals surface area contributed by atoms with Crippen molar-refractivity contribution in [3.63, 3.8) is 0 Å². The Morgan fingerprint density at radius 1 is 0.455 bits per heavy atom. The van der Waals surface area contributed by atoms with Crippen molar-refractivity contribution in [3.8, 4) is 17.2 Å². The number of aromatic nitrogens is 4. The number of alkyl halides is 3. The molecule has 10 aromatic rings. The molecule has 110 heavy (non-hydrogen) atoms. The van der Waals surface area contributed by atoms with E-state index in [1.54, 1.807) is 49.1 Å². The Bertz CT molecular complexity index is 4220. The second kappa shape index (κ2) is 45.0. The number of fused-ring (bicyclic) bond motifs is 2. The van der Waals surface area contributed by atoms with Crippen LogP contribution in [0.1, 0.15) is 135 Å². The fourth-order valence-corrected chi connectivity index (χ4v) is 13.6. The van der Waals surface area contributed by atoms with Crippen molar-refractivity contribution in [1.82, 2.24) is 19.9 Å². The van der Waals surface area contributed by atoms with Crippen LogP contribution in [-0.4, -0.2) is 121 Å². The van der Waals surface area contributed by atoms with Gasteiger partial charge in [-0.2, -0.15) is 13.2 Å². The second-order valence-corrected chi connectivity index (χ2v) is 30.7. The van der Waals surface area contributed by atoms with Crippen molar-refractivity contribution in [1.29, 1.82) is 0 Å². The lowest BCUT2D eigenvalue weighted by Crippen LogP contribution is -2.45. The van der Waals surface area contributed by atoms with E-state index in [0.717, 1.165) is 107 Å². The van der Waals surface area contributed by atoms with E-state index in [2.05, 4.69) is 169 Å². The molecule has 0 unspecified atom stereocenters. The van der Waals surface area contributed by atoms with Crippen LogP contribution in [0.2, 0.25) is 0 Å². The van der Waals surface area contributed by atoms with Crippen LogP contribution < -0.4 is 28.9 Å². The van der Waals surface area contributed by atoms with Gasteiger partial charge in [-0.15, -0.1) is 23.1 Å². The molecule has 1 aliphatic carbocycles. The van der Waals surface area contributed by atoms with Crippen LogP contribution in [0.15, 0.2) is 187 Å². The number of morpholine rings is 3. The molecule has 13 nitrogen and oxygen atoms in total. The van der Waals surface area contributed by atoms with Gasteiger partial charge in [-0.3, -0.25) is 0 Å². The lowest BCUT2D eigenvalue weighted by molar-refractivity contribution is -0.137. The first-order valence-corrected chi connectivity index (χ1v) is 40.1. The molecule has 6 atom stereocenters. The molecule has 5 aliphatic rings. The van der Waals surface area contributed by atoms with E-state index < -0.39 is 11.7 Å². The summed E-state index contributed by atoms with van der Waals surface area (Å²) in [6.07, 6.45) is 11.9. The molecule has 7 aromatic carbocycles. The van der Waals surface area contributed by atoms with E-state index in [4.69, 9.17) is 28.4 Å². The summed E-state index contributed by atoms with van der Waals surface area (Å²) in [6, 6.07) is 49.2. The molecule has 0 radical (unpaired) electrons. The monoisotopic (exact) mass is 1550 g/mol. The molecule has 0 spiro atoms. The third-order valence-corrected chi connectivity index (χ3v) is 19.5. The lowest BCUT2D eigenvalue weighted by atomic mass is 9.98. The first kappa shape index (κ1) is 88.6. The van der Waals surface area contributed by atoms with E-state index in [9.17, 15) is 22.0 Å². The molecule has 4 fully saturated rings. The Labute approximate surface area is 659 Å². The third kappa shape index (κ3) is 31.6. The van der Waals surface area contributed by atoms with Crippen molar-refractivity contribution in [3.05, 3.63) is 255 Å². The minimum Gasteiger partial charge on any atom is -0.490 e. The average Bonchev–Trinajstić information content (AvgIpc) is 1.05.